The summed E-state index contributed by atoms with van der Waals surface area (Å²) in [5.41, 5.74) is -0.112. The Morgan fingerprint density at radius 3 is 2.47 bits per heavy atom. The number of esters is 1. The average Bonchev–Trinajstić information content (AvgIpc) is 3.09. The minimum atomic E-state index is -0.770. The molecule has 19 heavy (non-hydrogen) atoms. The number of carbonyl (C=O) groups is 1. The van der Waals surface area contributed by atoms with Crippen LogP contribution in [0.15, 0.2) is 17.3 Å². The molecule has 0 amide bonds. The van der Waals surface area contributed by atoms with Gasteiger partial charge in [-0.05, 0) is 56.3 Å². The fourth-order valence-corrected chi connectivity index (χ4v) is 1.87. The first-order valence-corrected chi connectivity index (χ1v) is 6.22. The SMILES string of the molecule is CC(C)(C)OC(=O)c1cc(C2CC2)c(N=O)cc1F. The quantitative estimate of drug-likeness (QED) is 0.611. The molecule has 0 radical (unpaired) electrons. The fourth-order valence-electron chi connectivity index (χ4n) is 1.87. The Morgan fingerprint density at radius 1 is 1.37 bits per heavy atom. The summed E-state index contributed by atoms with van der Waals surface area (Å²) in [7, 11) is 0. The number of carbonyl (C=O) groups excluding carboxylic acids is 1. The van der Waals surface area contributed by atoms with E-state index in [1.165, 1.54) is 6.07 Å². The van der Waals surface area contributed by atoms with Gasteiger partial charge in [-0.25, -0.2) is 9.18 Å². The lowest BCUT2D eigenvalue weighted by Crippen LogP contribution is -2.24. The molecule has 1 fully saturated rings. The molecule has 0 aromatic heterocycles. The van der Waals surface area contributed by atoms with E-state index in [1.54, 1.807) is 20.8 Å². The molecule has 0 unspecified atom stereocenters. The van der Waals surface area contributed by atoms with Crippen molar-refractivity contribution in [2.45, 2.75) is 45.1 Å². The Bertz CT molecular complexity index is 530. The van der Waals surface area contributed by atoms with Crippen LogP contribution in [0.25, 0.3) is 0 Å². The Kier molecular flexibility index (Phi) is 3.39. The summed E-state index contributed by atoms with van der Waals surface area (Å²) in [5.74, 6) is -1.29. The van der Waals surface area contributed by atoms with Crippen LogP contribution in [0.2, 0.25) is 0 Å². The van der Waals surface area contributed by atoms with Crippen molar-refractivity contribution in [3.05, 3.63) is 34.0 Å². The highest BCUT2D eigenvalue weighted by Gasteiger charge is 2.30. The highest BCUT2D eigenvalue weighted by atomic mass is 19.1. The van der Waals surface area contributed by atoms with E-state index >= 15 is 0 Å². The summed E-state index contributed by atoms with van der Waals surface area (Å²) in [6.07, 6.45) is 1.86. The Balaban J connectivity index is 2.37. The third-order valence-electron chi connectivity index (χ3n) is 2.85. The zero-order chi connectivity index (χ0) is 14.2. The standard InChI is InChI=1S/C14H16FNO3/c1-14(2,3)19-13(17)10-6-9(8-4-5-8)12(16-18)7-11(10)15/h6-8H,4-5H2,1-3H3. The van der Waals surface area contributed by atoms with E-state index in [9.17, 15) is 14.1 Å². The molecule has 0 bridgehead atoms. The van der Waals surface area contributed by atoms with Crippen molar-refractivity contribution in [1.29, 1.82) is 0 Å². The van der Waals surface area contributed by atoms with E-state index in [-0.39, 0.29) is 17.2 Å². The lowest BCUT2D eigenvalue weighted by atomic mass is 10.0. The van der Waals surface area contributed by atoms with Gasteiger partial charge in [0.15, 0.2) is 0 Å². The van der Waals surface area contributed by atoms with Gasteiger partial charge in [-0.2, -0.15) is 0 Å². The van der Waals surface area contributed by atoms with E-state index in [2.05, 4.69) is 5.18 Å². The lowest BCUT2D eigenvalue weighted by molar-refractivity contribution is 0.00647. The van der Waals surface area contributed by atoms with E-state index in [0.29, 0.717) is 5.56 Å². The maximum atomic E-state index is 13.8. The number of halogens is 1. The van der Waals surface area contributed by atoms with Crippen molar-refractivity contribution in [3.8, 4) is 0 Å². The van der Waals surface area contributed by atoms with Gasteiger partial charge in [0.2, 0.25) is 0 Å². The van der Waals surface area contributed by atoms with Crippen molar-refractivity contribution >= 4 is 11.7 Å². The minimum absolute atomic E-state index is 0.0762. The van der Waals surface area contributed by atoms with Gasteiger partial charge < -0.3 is 4.74 Å². The molecule has 102 valence electrons. The van der Waals surface area contributed by atoms with E-state index in [1.807, 2.05) is 0 Å². The molecule has 1 aliphatic carbocycles. The molecule has 1 aromatic rings. The second-order valence-electron chi connectivity index (χ2n) is 5.76. The normalized spacial score (nSPS) is 15.2. The first kappa shape index (κ1) is 13.6. The van der Waals surface area contributed by atoms with Gasteiger partial charge >= 0.3 is 5.97 Å². The summed E-state index contributed by atoms with van der Waals surface area (Å²) < 4.78 is 19.0. The van der Waals surface area contributed by atoms with Crippen LogP contribution in [-0.2, 0) is 4.74 Å². The molecule has 0 aliphatic heterocycles. The Morgan fingerprint density at radius 2 is 2.00 bits per heavy atom. The molecule has 0 saturated heterocycles. The summed E-state index contributed by atoms with van der Waals surface area (Å²) in [4.78, 5) is 22.6. The van der Waals surface area contributed by atoms with Crippen LogP contribution in [0, 0.1) is 10.7 Å². The van der Waals surface area contributed by atoms with Crippen LogP contribution in [0.1, 0.15) is 55.5 Å². The van der Waals surface area contributed by atoms with Crippen molar-refractivity contribution in [2.75, 3.05) is 0 Å². The highest BCUT2D eigenvalue weighted by molar-refractivity contribution is 5.91. The van der Waals surface area contributed by atoms with Gasteiger partial charge in [0.05, 0.1) is 5.56 Å². The predicted octanol–water partition coefficient (Wildman–Crippen LogP) is 4.06. The number of hydrogen-bond donors (Lipinski definition) is 0. The van der Waals surface area contributed by atoms with Gasteiger partial charge in [-0.3, -0.25) is 0 Å². The first-order valence-electron chi connectivity index (χ1n) is 6.22. The van der Waals surface area contributed by atoms with Crippen molar-refractivity contribution in [3.63, 3.8) is 0 Å². The molecular weight excluding hydrogens is 249 g/mol. The number of nitroso groups, excluding NO2 is 1. The van der Waals surface area contributed by atoms with Crippen LogP contribution >= 0.6 is 0 Å². The van der Waals surface area contributed by atoms with Crippen molar-refractivity contribution < 1.29 is 13.9 Å². The first-order chi connectivity index (χ1) is 8.81. The lowest BCUT2D eigenvalue weighted by Gasteiger charge is -2.20. The van der Waals surface area contributed by atoms with Gasteiger partial charge in [0.1, 0.15) is 17.1 Å². The Hall–Kier alpha value is -1.78. The highest BCUT2D eigenvalue weighted by Crippen LogP contribution is 2.45. The fraction of sp³-hybridized carbons (Fsp3) is 0.500. The molecule has 0 N–H and O–H groups in total. The van der Waals surface area contributed by atoms with E-state index < -0.39 is 17.4 Å². The third-order valence-corrected chi connectivity index (χ3v) is 2.85. The molecule has 5 heteroatoms. The Labute approximate surface area is 110 Å². The molecule has 0 atom stereocenters. The molecule has 0 spiro atoms. The number of ether oxygens (including phenoxy) is 1. The van der Waals surface area contributed by atoms with Crippen LogP contribution in [0.5, 0.6) is 0 Å². The summed E-state index contributed by atoms with van der Waals surface area (Å²) in [6, 6.07) is 2.41. The monoisotopic (exact) mass is 265 g/mol. The number of rotatable bonds is 3. The molecule has 1 saturated carbocycles. The average molecular weight is 265 g/mol. The van der Waals surface area contributed by atoms with E-state index in [4.69, 9.17) is 4.74 Å². The second-order valence-corrected chi connectivity index (χ2v) is 5.76. The zero-order valence-corrected chi connectivity index (χ0v) is 11.2. The molecule has 0 heterocycles. The zero-order valence-electron chi connectivity index (χ0n) is 11.2. The molecule has 1 aromatic carbocycles. The van der Waals surface area contributed by atoms with Crippen LogP contribution in [-0.4, -0.2) is 11.6 Å². The molecule has 1 aliphatic rings. The van der Waals surface area contributed by atoms with Crippen LogP contribution < -0.4 is 0 Å². The predicted molar refractivity (Wildman–Crippen MR) is 69.0 cm³/mol. The maximum Gasteiger partial charge on any atom is 0.341 e. The maximum absolute atomic E-state index is 13.8. The van der Waals surface area contributed by atoms with Crippen LogP contribution in [0.3, 0.4) is 0 Å². The topological polar surface area (TPSA) is 55.7 Å². The molecule has 4 nitrogen and oxygen atoms in total. The van der Waals surface area contributed by atoms with Gasteiger partial charge in [0.25, 0.3) is 0 Å². The smallest absolute Gasteiger partial charge is 0.341 e. The summed E-state index contributed by atoms with van der Waals surface area (Å²) in [6.45, 7) is 5.14. The largest absolute Gasteiger partial charge is 0.456 e. The summed E-state index contributed by atoms with van der Waals surface area (Å²) in [5, 5.41) is 2.83. The van der Waals surface area contributed by atoms with Gasteiger partial charge in [-0.15, -0.1) is 4.91 Å². The van der Waals surface area contributed by atoms with Gasteiger partial charge in [-0.1, -0.05) is 0 Å². The van der Waals surface area contributed by atoms with Crippen LogP contribution in [0.4, 0.5) is 10.1 Å². The third kappa shape index (κ3) is 3.16. The number of hydrogen-bond acceptors (Lipinski definition) is 4. The minimum Gasteiger partial charge on any atom is -0.456 e. The summed E-state index contributed by atoms with van der Waals surface area (Å²) >= 11 is 0. The molecule has 2 rings (SSSR count). The van der Waals surface area contributed by atoms with E-state index in [0.717, 1.165) is 18.9 Å². The van der Waals surface area contributed by atoms with Gasteiger partial charge in [0, 0.05) is 6.07 Å². The van der Waals surface area contributed by atoms with Crippen molar-refractivity contribution in [2.24, 2.45) is 5.18 Å². The number of nitrogens with zero attached hydrogens (tertiary/aromatic N) is 1. The second kappa shape index (κ2) is 4.72. The van der Waals surface area contributed by atoms with Crippen molar-refractivity contribution in [1.82, 2.24) is 0 Å². The number of benzene rings is 1. The molecular formula is C14H16FNO3.